The fourth-order valence-electron chi connectivity index (χ4n) is 1.91. The maximum absolute atomic E-state index is 11.9. The number of rotatable bonds is 6. The smallest absolute Gasteiger partial charge is 0.338 e. The summed E-state index contributed by atoms with van der Waals surface area (Å²) in [4.78, 5) is 22.5. The number of benzene rings is 1. The van der Waals surface area contributed by atoms with Crippen molar-refractivity contribution < 1.29 is 14.3 Å². The molecule has 0 fully saturated rings. The molecule has 5 nitrogen and oxygen atoms in total. The van der Waals surface area contributed by atoms with Crippen LogP contribution in [0, 0.1) is 5.92 Å². The van der Waals surface area contributed by atoms with E-state index < -0.39 is 6.03 Å². The van der Waals surface area contributed by atoms with Gasteiger partial charge in [-0.2, -0.15) is 0 Å². The van der Waals surface area contributed by atoms with Crippen LogP contribution in [0.15, 0.2) is 24.3 Å². The highest BCUT2D eigenvalue weighted by atomic mass is 16.5. The van der Waals surface area contributed by atoms with Crippen molar-refractivity contribution in [1.29, 1.82) is 0 Å². The van der Waals surface area contributed by atoms with Gasteiger partial charge in [0.15, 0.2) is 0 Å². The summed E-state index contributed by atoms with van der Waals surface area (Å²) in [5, 5.41) is 2.49. The molecule has 0 aromatic heterocycles. The number of amides is 2. The zero-order chi connectivity index (χ0) is 15.1. The lowest BCUT2D eigenvalue weighted by Gasteiger charge is -2.15. The largest absolute Gasteiger partial charge is 0.459 e. The summed E-state index contributed by atoms with van der Waals surface area (Å²) >= 11 is 0. The Labute approximate surface area is 119 Å². The second kappa shape index (κ2) is 7.53. The van der Waals surface area contributed by atoms with Gasteiger partial charge in [-0.25, -0.2) is 9.59 Å². The zero-order valence-electron chi connectivity index (χ0n) is 12.2. The number of carbonyl (C=O) groups excluding carboxylic acids is 2. The van der Waals surface area contributed by atoms with Gasteiger partial charge in [0.05, 0.1) is 11.7 Å². The first-order chi connectivity index (χ1) is 9.38. The minimum atomic E-state index is -0.573. The van der Waals surface area contributed by atoms with Gasteiger partial charge in [0.25, 0.3) is 0 Å². The van der Waals surface area contributed by atoms with Crippen LogP contribution in [-0.4, -0.2) is 18.1 Å². The van der Waals surface area contributed by atoms with E-state index in [9.17, 15) is 9.59 Å². The normalized spacial score (nSPS) is 12.0. The molecule has 1 unspecified atom stereocenters. The molecule has 0 radical (unpaired) electrons. The van der Waals surface area contributed by atoms with Gasteiger partial charge in [-0.1, -0.05) is 26.0 Å². The third-order valence-corrected chi connectivity index (χ3v) is 2.77. The lowest BCUT2D eigenvalue weighted by Crippen LogP contribution is -2.28. The van der Waals surface area contributed by atoms with Crippen LogP contribution in [0.3, 0.4) is 0 Å². The molecule has 1 rings (SSSR count). The molecular weight excluding hydrogens is 256 g/mol. The molecule has 0 aliphatic rings. The van der Waals surface area contributed by atoms with Crippen LogP contribution in [0.4, 0.5) is 4.79 Å². The van der Waals surface area contributed by atoms with Crippen molar-refractivity contribution in [2.24, 2.45) is 11.7 Å². The summed E-state index contributed by atoms with van der Waals surface area (Å²) in [6.45, 7) is 6.41. The molecular formula is C15H22N2O3. The number of nitrogens with two attached hydrogens (primary N) is 1. The quantitative estimate of drug-likeness (QED) is 0.784. The summed E-state index contributed by atoms with van der Waals surface area (Å²) in [5.74, 6) is 0.160. The van der Waals surface area contributed by atoms with Crippen LogP contribution in [0.25, 0.3) is 0 Å². The fraction of sp³-hybridized carbons (Fsp3) is 0.467. The van der Waals surface area contributed by atoms with Crippen LogP contribution in [0.2, 0.25) is 0 Å². The van der Waals surface area contributed by atoms with Gasteiger partial charge in [-0.3, -0.25) is 0 Å². The van der Waals surface area contributed by atoms with Crippen molar-refractivity contribution in [3.8, 4) is 0 Å². The second-order valence-corrected chi connectivity index (χ2v) is 5.26. The number of ether oxygens (including phenoxy) is 1. The number of carbonyl (C=O) groups is 2. The maximum atomic E-state index is 11.9. The number of primary amides is 1. The van der Waals surface area contributed by atoms with E-state index in [1.165, 1.54) is 0 Å². The Hall–Kier alpha value is -2.04. The molecule has 1 aromatic rings. The summed E-state index contributed by atoms with van der Waals surface area (Å²) in [7, 11) is 0. The average Bonchev–Trinajstić information content (AvgIpc) is 2.35. The standard InChI is InChI=1S/C15H22N2O3/c1-10(2)8-11(3)20-14(18)13-6-4-12(5-7-13)9-17-15(16)19/h4-7,10-11H,8-9H2,1-3H3,(H3,16,17,19). The van der Waals surface area contributed by atoms with E-state index >= 15 is 0 Å². The molecule has 0 heterocycles. The first kappa shape index (κ1) is 16.0. The Morgan fingerprint density at radius 1 is 1.20 bits per heavy atom. The van der Waals surface area contributed by atoms with Crippen LogP contribution < -0.4 is 11.1 Å². The van der Waals surface area contributed by atoms with Gasteiger partial charge in [0.1, 0.15) is 0 Å². The minimum absolute atomic E-state index is 0.0984. The highest BCUT2D eigenvalue weighted by molar-refractivity contribution is 5.89. The number of urea groups is 1. The lowest BCUT2D eigenvalue weighted by atomic mass is 10.1. The number of hydrogen-bond acceptors (Lipinski definition) is 3. The van der Waals surface area contributed by atoms with Crippen LogP contribution in [-0.2, 0) is 11.3 Å². The zero-order valence-corrected chi connectivity index (χ0v) is 12.2. The van der Waals surface area contributed by atoms with E-state index in [1.54, 1.807) is 24.3 Å². The molecule has 0 saturated carbocycles. The predicted molar refractivity (Wildman–Crippen MR) is 77.2 cm³/mol. The number of hydrogen-bond donors (Lipinski definition) is 2. The monoisotopic (exact) mass is 278 g/mol. The molecule has 0 spiro atoms. The second-order valence-electron chi connectivity index (χ2n) is 5.26. The molecule has 0 saturated heterocycles. The van der Waals surface area contributed by atoms with Crippen molar-refractivity contribution in [3.63, 3.8) is 0 Å². The van der Waals surface area contributed by atoms with Gasteiger partial charge in [-0.05, 0) is 37.0 Å². The van der Waals surface area contributed by atoms with E-state index in [-0.39, 0.29) is 12.1 Å². The third kappa shape index (κ3) is 5.73. The molecule has 0 aliphatic heterocycles. The fourth-order valence-corrected chi connectivity index (χ4v) is 1.91. The highest BCUT2D eigenvalue weighted by Crippen LogP contribution is 2.11. The molecule has 0 bridgehead atoms. The average molecular weight is 278 g/mol. The molecule has 1 aromatic carbocycles. The first-order valence-corrected chi connectivity index (χ1v) is 6.71. The van der Waals surface area contributed by atoms with Gasteiger partial charge in [-0.15, -0.1) is 0 Å². The Morgan fingerprint density at radius 2 is 1.80 bits per heavy atom. The van der Waals surface area contributed by atoms with Crippen molar-refractivity contribution in [2.75, 3.05) is 0 Å². The molecule has 5 heteroatoms. The third-order valence-electron chi connectivity index (χ3n) is 2.77. The topological polar surface area (TPSA) is 81.4 Å². The molecule has 0 aliphatic carbocycles. The van der Waals surface area contributed by atoms with Crippen molar-refractivity contribution in [3.05, 3.63) is 35.4 Å². The Balaban J connectivity index is 2.55. The van der Waals surface area contributed by atoms with Crippen LogP contribution in [0.5, 0.6) is 0 Å². The molecule has 3 N–H and O–H groups in total. The van der Waals surface area contributed by atoms with E-state index in [0.717, 1.165) is 12.0 Å². The summed E-state index contributed by atoms with van der Waals surface area (Å²) in [6, 6.07) is 6.32. The lowest BCUT2D eigenvalue weighted by molar-refractivity contribution is 0.0299. The van der Waals surface area contributed by atoms with Gasteiger partial charge in [0, 0.05) is 6.54 Å². The van der Waals surface area contributed by atoms with Crippen molar-refractivity contribution in [2.45, 2.75) is 39.8 Å². The van der Waals surface area contributed by atoms with E-state index in [4.69, 9.17) is 10.5 Å². The minimum Gasteiger partial charge on any atom is -0.459 e. The summed E-state index contributed by atoms with van der Waals surface area (Å²) in [5.41, 5.74) is 6.36. The number of nitrogens with one attached hydrogen (secondary N) is 1. The predicted octanol–water partition coefficient (Wildman–Crippen LogP) is 2.45. The van der Waals surface area contributed by atoms with Gasteiger partial charge in [0.2, 0.25) is 0 Å². The molecule has 1 atom stereocenters. The Kier molecular flexibility index (Phi) is 6.03. The van der Waals surface area contributed by atoms with Crippen molar-refractivity contribution in [1.82, 2.24) is 5.32 Å². The molecule has 20 heavy (non-hydrogen) atoms. The maximum Gasteiger partial charge on any atom is 0.338 e. The molecule has 110 valence electrons. The Morgan fingerprint density at radius 3 is 2.30 bits per heavy atom. The SMILES string of the molecule is CC(C)CC(C)OC(=O)c1ccc(CNC(N)=O)cc1. The van der Waals surface area contributed by atoms with E-state index in [2.05, 4.69) is 19.2 Å². The van der Waals surface area contributed by atoms with Gasteiger partial charge < -0.3 is 15.8 Å². The highest BCUT2D eigenvalue weighted by Gasteiger charge is 2.13. The first-order valence-electron chi connectivity index (χ1n) is 6.71. The van der Waals surface area contributed by atoms with Crippen LogP contribution in [0.1, 0.15) is 43.1 Å². The van der Waals surface area contributed by atoms with E-state index in [1.807, 2.05) is 6.92 Å². The van der Waals surface area contributed by atoms with Gasteiger partial charge >= 0.3 is 12.0 Å². The van der Waals surface area contributed by atoms with Crippen molar-refractivity contribution >= 4 is 12.0 Å². The summed E-state index contributed by atoms with van der Waals surface area (Å²) in [6.07, 6.45) is 0.741. The molecule has 2 amide bonds. The van der Waals surface area contributed by atoms with Crippen LogP contribution >= 0.6 is 0 Å². The number of esters is 1. The Bertz CT molecular complexity index is 455. The van der Waals surface area contributed by atoms with E-state index in [0.29, 0.717) is 18.0 Å². The summed E-state index contributed by atoms with van der Waals surface area (Å²) < 4.78 is 5.36.